The molecule has 2 aliphatic rings. The SMILES string of the molecule is C=CCN(CC=C)[C@@H](CCC(=O)O)C(=O)C(=O)Oc1ccc(COC(=O)Nc2cc(OCCCCCOc3cc(NC(=O)OCc4ccc(OC(=O)C(=O)[C@H](CCC(=O)O)N(CC=C)CC=C)cc4)c(C(=O)N4CCC[C@H]4CO[Si](C)(C)C(C)(C)C)cc3OC)c(OC)cc2C(=O)N2CCCC2CO[Si](C)(C)C(C)(C)C)cc1. The Morgan fingerprint density at radius 2 is 0.867 bits per heavy atom. The van der Waals surface area contributed by atoms with Crippen LogP contribution in [0.4, 0.5) is 21.0 Å². The van der Waals surface area contributed by atoms with Crippen LogP contribution in [0.5, 0.6) is 34.5 Å². The Bertz CT molecular complexity index is 3730. The fourth-order valence-corrected chi connectivity index (χ4v) is 14.2. The van der Waals surface area contributed by atoms with Crippen LogP contribution in [0.3, 0.4) is 0 Å². The summed E-state index contributed by atoms with van der Waals surface area (Å²) in [4.78, 5) is 140. The summed E-state index contributed by atoms with van der Waals surface area (Å²) < 4.78 is 59.8. The molecule has 0 bridgehead atoms. The monoisotopic (exact) mass is 1600 g/mol. The first-order valence-corrected chi connectivity index (χ1v) is 43.8. The minimum absolute atomic E-state index is 0.00700. The van der Waals surface area contributed by atoms with Crippen molar-refractivity contribution in [3.63, 3.8) is 0 Å². The van der Waals surface area contributed by atoms with Gasteiger partial charge in [0.25, 0.3) is 23.4 Å². The lowest BCUT2D eigenvalue weighted by molar-refractivity contribution is -0.150. The highest BCUT2D eigenvalue weighted by molar-refractivity contribution is 6.74. The molecular weight excluding hydrogens is 1490 g/mol. The number of amides is 4. The van der Waals surface area contributed by atoms with E-state index >= 15 is 0 Å². The molecule has 28 nitrogen and oxygen atoms in total. The second kappa shape index (κ2) is 43.3. The number of aliphatic carboxylic acids is 2. The van der Waals surface area contributed by atoms with E-state index in [1.54, 1.807) is 19.6 Å². The lowest BCUT2D eigenvalue weighted by Gasteiger charge is -2.38. The van der Waals surface area contributed by atoms with E-state index in [4.69, 9.17) is 46.7 Å². The zero-order valence-electron chi connectivity index (χ0n) is 67.5. The third-order valence-electron chi connectivity index (χ3n) is 20.6. The molecule has 4 aromatic carbocycles. The Labute approximate surface area is 665 Å². The Balaban J connectivity index is 1.16. The van der Waals surface area contributed by atoms with Crippen molar-refractivity contribution >= 4 is 87.5 Å². The number of ether oxygens (including phenoxy) is 8. The molecule has 2 aliphatic heterocycles. The van der Waals surface area contributed by atoms with Gasteiger partial charge in [-0.1, -0.05) is 90.1 Å². The highest BCUT2D eigenvalue weighted by Gasteiger charge is 2.43. The number of likely N-dealkylation sites (tertiary alicyclic amines) is 2. The number of Topliss-reactive ketones (excluding diaryl/α,β-unsaturated/α-hetero) is 2. The second-order valence-electron chi connectivity index (χ2n) is 30.7. The number of unbranched alkanes of at least 4 members (excludes halogenated alkanes) is 2. The Kier molecular flexibility index (Phi) is 35.2. The lowest BCUT2D eigenvalue weighted by Crippen LogP contribution is -2.46. The average Bonchev–Trinajstić information content (AvgIpc) is 1.78. The highest BCUT2D eigenvalue weighted by Crippen LogP contribution is 2.41. The minimum Gasteiger partial charge on any atom is -0.493 e. The number of anilines is 2. The third kappa shape index (κ3) is 27.1. The number of carbonyl (C=O) groups is 10. The van der Waals surface area contributed by atoms with E-state index in [0.29, 0.717) is 69.5 Å². The molecule has 0 spiro atoms. The van der Waals surface area contributed by atoms with Gasteiger partial charge in [0, 0.05) is 64.2 Å². The van der Waals surface area contributed by atoms with Crippen LogP contribution in [0.1, 0.15) is 144 Å². The number of carbonyl (C=O) groups excluding carboxylic acids is 8. The number of carboxylic acid groups (broad SMARTS) is 2. The van der Waals surface area contributed by atoms with Crippen LogP contribution in [-0.2, 0) is 60.3 Å². The molecule has 4 atom stereocenters. The van der Waals surface area contributed by atoms with Crippen LogP contribution in [0.2, 0.25) is 36.3 Å². The average molecular weight is 1600 g/mol. The largest absolute Gasteiger partial charge is 0.493 e. The normalized spacial score (nSPS) is 14.9. The molecular formula is C83H114N6O22Si2. The zero-order valence-corrected chi connectivity index (χ0v) is 69.5. The van der Waals surface area contributed by atoms with Gasteiger partial charge in [0.15, 0.2) is 39.6 Å². The topological polar surface area (TPSA) is 340 Å². The van der Waals surface area contributed by atoms with Crippen molar-refractivity contribution in [2.45, 2.75) is 186 Å². The van der Waals surface area contributed by atoms with E-state index in [-0.39, 0.29) is 169 Å². The van der Waals surface area contributed by atoms with Crippen LogP contribution >= 0.6 is 0 Å². The first-order valence-electron chi connectivity index (χ1n) is 38.0. The molecule has 616 valence electrons. The molecule has 2 saturated heterocycles. The lowest BCUT2D eigenvalue weighted by atomic mass is 10.0. The molecule has 4 N–H and O–H groups in total. The van der Waals surface area contributed by atoms with E-state index in [9.17, 15) is 58.2 Å². The number of methoxy groups -OCH3 is 2. The van der Waals surface area contributed by atoms with Gasteiger partial charge >= 0.3 is 36.1 Å². The highest BCUT2D eigenvalue weighted by atomic mass is 28.4. The Morgan fingerprint density at radius 1 is 0.522 bits per heavy atom. The van der Waals surface area contributed by atoms with Gasteiger partial charge < -0.3 is 66.8 Å². The number of hydrogen-bond acceptors (Lipinski definition) is 22. The first kappa shape index (κ1) is 91.9. The van der Waals surface area contributed by atoms with Gasteiger partial charge in [-0.3, -0.25) is 49.2 Å². The molecule has 0 aliphatic carbocycles. The molecule has 2 heterocycles. The number of esters is 2. The molecule has 1 unspecified atom stereocenters. The minimum atomic E-state index is -2.21. The summed E-state index contributed by atoms with van der Waals surface area (Å²) in [6.45, 7) is 38.3. The maximum absolute atomic E-state index is 14.8. The van der Waals surface area contributed by atoms with E-state index in [0.717, 1.165) is 12.8 Å². The molecule has 0 radical (unpaired) electrons. The number of nitrogens with one attached hydrogen (secondary N) is 2. The maximum atomic E-state index is 14.8. The van der Waals surface area contributed by atoms with Crippen molar-refractivity contribution in [2.75, 3.05) is 90.5 Å². The molecule has 0 saturated carbocycles. The van der Waals surface area contributed by atoms with Crippen molar-refractivity contribution in [3.8, 4) is 34.5 Å². The summed E-state index contributed by atoms with van der Waals surface area (Å²) in [5.74, 6) is -6.43. The fourth-order valence-electron chi connectivity index (χ4n) is 12.2. The summed E-state index contributed by atoms with van der Waals surface area (Å²) >= 11 is 0. The fraction of sp³-hybridized carbons (Fsp3) is 0.494. The Hall–Kier alpha value is -9.99. The number of hydrogen-bond donors (Lipinski definition) is 4. The summed E-state index contributed by atoms with van der Waals surface area (Å²) in [5, 5.41) is 24.1. The number of benzene rings is 4. The predicted molar refractivity (Wildman–Crippen MR) is 432 cm³/mol. The summed E-state index contributed by atoms with van der Waals surface area (Å²) in [6.07, 6.45) is 7.63. The summed E-state index contributed by atoms with van der Waals surface area (Å²) in [7, 11) is -1.54. The van der Waals surface area contributed by atoms with Crippen molar-refractivity contribution in [3.05, 3.63) is 146 Å². The van der Waals surface area contributed by atoms with Gasteiger partial charge in [-0.2, -0.15) is 0 Å². The third-order valence-corrected chi connectivity index (χ3v) is 29.6. The molecule has 113 heavy (non-hydrogen) atoms. The Morgan fingerprint density at radius 3 is 1.18 bits per heavy atom. The van der Waals surface area contributed by atoms with Crippen molar-refractivity contribution in [1.29, 1.82) is 0 Å². The van der Waals surface area contributed by atoms with Crippen LogP contribution in [-0.4, -0.2) is 210 Å². The quantitative estimate of drug-likeness (QED) is 0.00797. The van der Waals surface area contributed by atoms with Gasteiger partial charge in [-0.05, 0) is 142 Å². The van der Waals surface area contributed by atoms with E-state index < -0.39 is 76.3 Å². The second-order valence-corrected chi connectivity index (χ2v) is 40.4. The van der Waals surface area contributed by atoms with Crippen LogP contribution in [0.25, 0.3) is 0 Å². The van der Waals surface area contributed by atoms with Crippen molar-refractivity contribution < 1.29 is 105 Å². The zero-order chi connectivity index (χ0) is 83.4. The first-order chi connectivity index (χ1) is 53.5. The number of carboxylic acids is 2. The summed E-state index contributed by atoms with van der Waals surface area (Å²) in [6, 6.07) is 15.1. The molecule has 2 fully saturated rings. The number of ketones is 2. The van der Waals surface area contributed by atoms with Gasteiger partial charge in [0.05, 0.1) is 87.3 Å². The van der Waals surface area contributed by atoms with Gasteiger partial charge in [0.1, 0.15) is 24.7 Å². The molecule has 4 amide bonds. The standard InChI is InChI=1S/C83H114N6O22Si2/c1-17-40-86(41-18-2)66(36-38-72(90)91)74(94)78(98)110-60-32-28-56(29-33-60)52-106-80(100)84-64-50-70(68(102-11)48-62(64)76(96)88-44-24-26-58(88)54-108-112(13,14)82(5,6)7)104-46-22-21-23-47-105-71-51-65(63(49-69(71)103-12)77(97)89-45-25-27-59(89)55-109-113(15,16)83(8,9)10)85-81(101)107-53-57-30-34-61(35-31-57)111-79(99)75(95)67(37-39-73(92)93)87(42-19-3)43-20-4/h17-20,28-35,48-51,58-59,66-67H,1-4,21-27,36-47,52-55H2,5-16H3,(H,84,100)(H,85,101)(H,90,91)(H,92,93)/t58-,59?,66-,67-/m0/s1. The van der Waals surface area contributed by atoms with Gasteiger partial charge in [-0.25, -0.2) is 19.2 Å². The van der Waals surface area contributed by atoms with Crippen molar-refractivity contribution in [1.82, 2.24) is 19.6 Å². The van der Waals surface area contributed by atoms with Crippen molar-refractivity contribution in [2.24, 2.45) is 0 Å². The van der Waals surface area contributed by atoms with Crippen LogP contribution in [0, 0.1) is 0 Å². The number of nitrogens with zero attached hydrogens (tertiary/aromatic N) is 4. The smallest absolute Gasteiger partial charge is 0.411 e. The van der Waals surface area contributed by atoms with E-state index in [1.807, 2.05) is 0 Å². The molecule has 4 aromatic rings. The molecule has 0 aromatic heterocycles. The molecule has 30 heteroatoms. The number of rotatable bonds is 46. The predicted octanol–water partition coefficient (Wildman–Crippen LogP) is 13.8. The summed E-state index contributed by atoms with van der Waals surface area (Å²) in [5.41, 5.74) is 1.32. The van der Waals surface area contributed by atoms with E-state index in [2.05, 4.69) is 105 Å². The van der Waals surface area contributed by atoms with Crippen LogP contribution in [0.15, 0.2) is 123 Å². The van der Waals surface area contributed by atoms with Crippen LogP contribution < -0.4 is 39.1 Å². The van der Waals surface area contributed by atoms with E-state index in [1.165, 1.54) is 111 Å². The molecule has 6 rings (SSSR count). The maximum Gasteiger partial charge on any atom is 0.411 e. The van der Waals surface area contributed by atoms with Gasteiger partial charge in [0.2, 0.25) is 0 Å². The van der Waals surface area contributed by atoms with Gasteiger partial charge in [-0.15, -0.1) is 26.3 Å².